The molecule has 2 fully saturated rings. The van der Waals surface area contributed by atoms with Crippen molar-refractivity contribution in [3.63, 3.8) is 0 Å². The van der Waals surface area contributed by atoms with Gasteiger partial charge in [0.1, 0.15) is 36.9 Å². The summed E-state index contributed by atoms with van der Waals surface area (Å²) in [5.74, 6) is -0.873. The summed E-state index contributed by atoms with van der Waals surface area (Å²) in [6.45, 7) is 3.13. The van der Waals surface area contributed by atoms with Crippen molar-refractivity contribution in [2.24, 2.45) is 5.73 Å². The molecule has 0 unspecified atom stereocenters. The minimum Gasteiger partial charge on any atom is -0.475 e. The normalized spacial score (nSPS) is 16.1. The van der Waals surface area contributed by atoms with Crippen LogP contribution in [0.2, 0.25) is 0 Å². The molecule has 21 nitrogen and oxygen atoms in total. The quantitative estimate of drug-likeness (QED) is 0.207. The van der Waals surface area contributed by atoms with Gasteiger partial charge in [0.2, 0.25) is 17.1 Å². The number of hydrogen-bond acceptors (Lipinski definition) is 15. The number of fused-ring (bicyclic) bond motifs is 2. The van der Waals surface area contributed by atoms with Crippen LogP contribution in [0.15, 0.2) is 98.6 Å². The van der Waals surface area contributed by atoms with Crippen molar-refractivity contribution < 1.29 is 23.5 Å². The van der Waals surface area contributed by atoms with E-state index in [1.165, 1.54) is 58.4 Å². The highest BCUT2D eigenvalue weighted by Crippen LogP contribution is 2.22. The fourth-order valence-corrected chi connectivity index (χ4v) is 6.40. The highest BCUT2D eigenvalue weighted by molar-refractivity contribution is 5.90. The molecule has 0 saturated carbocycles. The van der Waals surface area contributed by atoms with Gasteiger partial charge >= 0.3 is 5.97 Å². The first-order valence-corrected chi connectivity index (χ1v) is 18.1. The van der Waals surface area contributed by atoms with E-state index in [1.807, 2.05) is 10.6 Å². The van der Waals surface area contributed by atoms with Crippen LogP contribution in [0.1, 0.15) is 34.1 Å². The number of anilines is 2. The molecule has 300 valence electrons. The predicted octanol–water partition coefficient (Wildman–Crippen LogP) is 1.62. The summed E-state index contributed by atoms with van der Waals surface area (Å²) < 4.78 is 32.0. The molecule has 2 saturated heterocycles. The van der Waals surface area contributed by atoms with E-state index in [1.54, 1.807) is 47.8 Å². The molecule has 8 heterocycles. The summed E-state index contributed by atoms with van der Waals surface area (Å²) in [4.78, 5) is 43.7. The van der Waals surface area contributed by atoms with Gasteiger partial charge < -0.3 is 26.0 Å². The van der Waals surface area contributed by atoms with Crippen molar-refractivity contribution in [2.45, 2.75) is 24.9 Å². The van der Waals surface area contributed by atoms with Crippen molar-refractivity contribution >= 4 is 34.8 Å². The van der Waals surface area contributed by atoms with Gasteiger partial charge in [-0.15, -0.1) is 30.6 Å². The van der Waals surface area contributed by atoms with Crippen LogP contribution in [-0.4, -0.2) is 124 Å². The molecule has 23 heteroatoms. The maximum absolute atomic E-state index is 13.1. The third-order valence-corrected chi connectivity index (χ3v) is 9.30. The van der Waals surface area contributed by atoms with Crippen LogP contribution >= 0.6 is 0 Å². The van der Waals surface area contributed by atoms with E-state index in [9.17, 15) is 18.4 Å². The Balaban J connectivity index is 0.000000136. The third kappa shape index (κ3) is 8.63. The first kappa shape index (κ1) is 38.1. The van der Waals surface area contributed by atoms with Gasteiger partial charge in [-0.25, -0.2) is 42.9 Å². The molecule has 1 amide bonds. The van der Waals surface area contributed by atoms with Gasteiger partial charge in [-0.1, -0.05) is 0 Å². The van der Waals surface area contributed by atoms with E-state index in [-0.39, 0.29) is 41.3 Å². The molecule has 8 aromatic rings. The number of halogens is 2. The molecule has 59 heavy (non-hydrogen) atoms. The Bertz CT molecular complexity index is 2700. The maximum Gasteiger partial charge on any atom is 0.375 e. The van der Waals surface area contributed by atoms with Crippen LogP contribution in [0.3, 0.4) is 0 Å². The molecule has 2 aromatic carbocycles. The molecule has 0 spiro atoms. The number of aromatic carboxylic acids is 1. The van der Waals surface area contributed by atoms with E-state index in [4.69, 9.17) is 10.8 Å². The summed E-state index contributed by atoms with van der Waals surface area (Å²) in [6, 6.07) is 11.5. The Morgan fingerprint density at radius 1 is 0.678 bits per heavy atom. The minimum atomic E-state index is -1.20. The van der Waals surface area contributed by atoms with E-state index < -0.39 is 5.97 Å². The van der Waals surface area contributed by atoms with Crippen LogP contribution < -0.4 is 20.9 Å². The average Bonchev–Trinajstić information content (AvgIpc) is 4.10. The number of nitrogens with zero attached hydrogens (tertiary/aromatic N) is 16. The number of carboxylic acid groups (broad SMARTS) is 1. The first-order valence-electron chi connectivity index (χ1n) is 18.1. The van der Waals surface area contributed by atoms with Gasteiger partial charge in [-0.3, -0.25) is 13.6 Å². The zero-order valence-electron chi connectivity index (χ0n) is 30.9. The minimum absolute atomic E-state index is 0.0606. The smallest absolute Gasteiger partial charge is 0.375 e. The van der Waals surface area contributed by atoms with Gasteiger partial charge in [-0.2, -0.15) is 0 Å². The second kappa shape index (κ2) is 16.7. The van der Waals surface area contributed by atoms with Crippen molar-refractivity contribution in [1.82, 2.24) is 74.0 Å². The molecule has 2 aliphatic heterocycles. The topological polar surface area (TPSA) is 246 Å². The van der Waals surface area contributed by atoms with Crippen molar-refractivity contribution in [3.8, 4) is 11.4 Å². The van der Waals surface area contributed by atoms with Crippen LogP contribution in [0.4, 0.5) is 20.4 Å². The van der Waals surface area contributed by atoms with Gasteiger partial charge in [0.05, 0.1) is 11.4 Å². The fourth-order valence-electron chi connectivity index (χ4n) is 6.40. The summed E-state index contributed by atoms with van der Waals surface area (Å²) >= 11 is 0. The fraction of sp³-hybridized carbons (Fsp3) is 0.222. The number of amides is 1. The second-order valence-electron chi connectivity index (χ2n) is 13.3. The number of nitrogens with two attached hydrogens (primary N) is 1. The van der Waals surface area contributed by atoms with Crippen LogP contribution in [0.25, 0.3) is 22.7 Å². The highest BCUT2D eigenvalue weighted by atomic mass is 19.1. The maximum atomic E-state index is 13.1. The lowest BCUT2D eigenvalue weighted by Gasteiger charge is -2.17. The lowest BCUT2D eigenvalue weighted by molar-refractivity contribution is 0.0683. The molecule has 10 rings (SSSR count). The SMILES string of the molecule is N[C@H]1CCN(c2nccn3cnnc23)C1.O=C(N[C@H]1CCN(c2nccn3cnnc23)C1)c1ncn(-c2ccc(F)cc2)n1.O=C(O)c1ncn(-c2ccc(F)cc2)n1. The van der Waals surface area contributed by atoms with Gasteiger partial charge in [0, 0.05) is 63.1 Å². The molecule has 0 aliphatic carbocycles. The first-order chi connectivity index (χ1) is 28.7. The highest BCUT2D eigenvalue weighted by Gasteiger charge is 2.28. The summed E-state index contributed by atoms with van der Waals surface area (Å²) in [5, 5.41) is 35.4. The Morgan fingerprint density at radius 3 is 1.69 bits per heavy atom. The van der Waals surface area contributed by atoms with Gasteiger partial charge in [0.15, 0.2) is 11.6 Å². The van der Waals surface area contributed by atoms with E-state index in [0.717, 1.165) is 49.8 Å². The van der Waals surface area contributed by atoms with E-state index in [2.05, 4.69) is 65.6 Å². The van der Waals surface area contributed by atoms with Gasteiger partial charge in [0.25, 0.3) is 11.7 Å². The lowest BCUT2D eigenvalue weighted by Crippen LogP contribution is -2.37. The Kier molecular flexibility index (Phi) is 10.8. The molecule has 2 aliphatic rings. The monoisotopic (exact) mass is 804 g/mol. The van der Waals surface area contributed by atoms with E-state index in [0.29, 0.717) is 23.6 Å². The van der Waals surface area contributed by atoms with Crippen molar-refractivity contribution in [1.29, 1.82) is 0 Å². The number of benzene rings is 2. The van der Waals surface area contributed by atoms with Crippen LogP contribution in [-0.2, 0) is 0 Å². The molecule has 2 atom stereocenters. The molecule has 0 radical (unpaired) electrons. The predicted molar refractivity (Wildman–Crippen MR) is 204 cm³/mol. The second-order valence-corrected chi connectivity index (χ2v) is 13.3. The molecular formula is C36H34F2N18O3. The standard InChI is InChI=1S/C18H16FN9O.C9H6FN3O2.C9H12N6/c19-12-1-3-14(4-2-12)28-10-21-15(25-28)18(29)23-13-5-7-26(9-13)16-17-24-22-11-27(17)8-6-20-16;10-6-1-3-7(4-2-6)13-5-11-8(12-13)9(14)15;10-7-1-3-14(5-7)8-9-13-12-6-15(9)4-2-11-8/h1-4,6,8,10-11,13H,5,7,9H2,(H,23,29);1-5H,(H,14,15);2,4,6-7H,1,3,5,10H2/t13-;;7-/m0.0/s1. The molecule has 6 aromatic heterocycles. The molecule has 4 N–H and O–H groups in total. The average molecular weight is 805 g/mol. The van der Waals surface area contributed by atoms with Crippen LogP contribution in [0, 0.1) is 11.6 Å². The summed E-state index contributed by atoms with van der Waals surface area (Å²) in [5.41, 5.74) is 8.52. The lowest BCUT2D eigenvalue weighted by atomic mass is 10.2. The number of hydrogen-bond donors (Lipinski definition) is 3. The van der Waals surface area contributed by atoms with Crippen LogP contribution in [0.5, 0.6) is 0 Å². The molecule has 0 bridgehead atoms. The van der Waals surface area contributed by atoms with Gasteiger partial charge in [-0.05, 0) is 61.4 Å². The van der Waals surface area contributed by atoms with Crippen molar-refractivity contribution in [3.05, 3.63) is 122 Å². The summed E-state index contributed by atoms with van der Waals surface area (Å²) in [6.07, 6.45) is 14.9. The number of carbonyl (C=O) groups is 2. The zero-order chi connectivity index (χ0) is 40.9. The van der Waals surface area contributed by atoms with Crippen molar-refractivity contribution in [2.75, 3.05) is 36.0 Å². The zero-order valence-corrected chi connectivity index (χ0v) is 30.9. The number of carboxylic acids is 1. The molecular weight excluding hydrogens is 771 g/mol. The number of aromatic nitrogens is 14. The number of rotatable bonds is 7. The third-order valence-electron chi connectivity index (χ3n) is 9.30. The Morgan fingerprint density at radius 2 is 1.19 bits per heavy atom. The summed E-state index contributed by atoms with van der Waals surface area (Å²) in [7, 11) is 0. The Labute approximate surface area is 331 Å². The number of nitrogens with one attached hydrogen (secondary N) is 1. The Hall–Kier alpha value is -7.82. The van der Waals surface area contributed by atoms with E-state index >= 15 is 0 Å². The number of carbonyl (C=O) groups excluding carboxylic acids is 1. The largest absolute Gasteiger partial charge is 0.475 e.